The summed E-state index contributed by atoms with van der Waals surface area (Å²) in [7, 11) is 0. The average molecular weight is 627 g/mol. The molecule has 2 bridgehead atoms. The Morgan fingerprint density at radius 2 is 1.67 bits per heavy atom. The number of rotatable bonds is 4. The number of ether oxygens (including phenoxy) is 6. The van der Waals surface area contributed by atoms with Crippen molar-refractivity contribution >= 4 is 29.8 Å². The molecule has 3 aliphatic carbocycles. The number of carbonyl (C=O) groups excluding carboxylic acids is 5. The molecule has 2 saturated heterocycles. The number of aliphatic hydroxyl groups is 1. The normalized spacial score (nSPS) is 41.0. The van der Waals surface area contributed by atoms with Gasteiger partial charge in [0.2, 0.25) is 5.60 Å². The van der Waals surface area contributed by atoms with Gasteiger partial charge in [-0.1, -0.05) is 45.9 Å². The molecule has 5 aliphatic rings. The summed E-state index contributed by atoms with van der Waals surface area (Å²) < 4.78 is 36.1. The van der Waals surface area contributed by atoms with Crippen LogP contribution in [-0.2, 0) is 42.8 Å². The zero-order chi connectivity index (χ0) is 32.9. The van der Waals surface area contributed by atoms with Gasteiger partial charge < -0.3 is 33.5 Å². The Kier molecular flexibility index (Phi) is 7.02. The minimum absolute atomic E-state index is 0.143. The van der Waals surface area contributed by atoms with E-state index in [1.807, 2.05) is 6.92 Å². The van der Waals surface area contributed by atoms with E-state index in [0.717, 1.165) is 0 Å². The SMILES string of the molecule is CC(=O)O[C@H]1C(=O)[C@]2(C)[C@@H](C)CC3OC[C@@]3(OC(C)=O)[C@H]2[C@H](OC(=O)c2ccccc2)[C@]23OC(=O)O[C@H]2[C@H](O)C(C)=C1C3(C)C. The van der Waals surface area contributed by atoms with Crippen LogP contribution in [0.1, 0.15) is 65.2 Å². The first-order valence-corrected chi connectivity index (χ1v) is 15.1. The van der Waals surface area contributed by atoms with Crippen molar-refractivity contribution < 1.29 is 57.5 Å². The second-order valence-corrected chi connectivity index (χ2v) is 13.6. The van der Waals surface area contributed by atoms with Gasteiger partial charge in [0.1, 0.15) is 12.2 Å². The monoisotopic (exact) mass is 626 g/mol. The van der Waals surface area contributed by atoms with Gasteiger partial charge in [0.25, 0.3) is 0 Å². The molecular formula is C33H38O12. The molecule has 1 aromatic rings. The lowest BCUT2D eigenvalue weighted by molar-refractivity contribution is -0.340. The summed E-state index contributed by atoms with van der Waals surface area (Å²) in [5, 5.41) is 11.8. The van der Waals surface area contributed by atoms with Gasteiger partial charge in [0.15, 0.2) is 29.7 Å². The summed E-state index contributed by atoms with van der Waals surface area (Å²) in [6.45, 7) is 10.7. The van der Waals surface area contributed by atoms with Crippen molar-refractivity contribution in [2.24, 2.45) is 22.7 Å². The largest absolute Gasteiger partial charge is 0.509 e. The molecule has 6 rings (SSSR count). The Balaban J connectivity index is 1.72. The number of esters is 3. The molecular weight excluding hydrogens is 588 g/mol. The van der Waals surface area contributed by atoms with Crippen molar-refractivity contribution in [2.75, 3.05) is 6.61 Å². The van der Waals surface area contributed by atoms with Crippen LogP contribution in [0.25, 0.3) is 0 Å². The van der Waals surface area contributed by atoms with Crippen LogP contribution in [0.4, 0.5) is 4.79 Å². The zero-order valence-electron chi connectivity index (χ0n) is 26.3. The second kappa shape index (κ2) is 10.1. The summed E-state index contributed by atoms with van der Waals surface area (Å²) in [6.07, 6.45) is -7.54. The van der Waals surface area contributed by atoms with E-state index in [1.165, 1.54) is 13.8 Å². The van der Waals surface area contributed by atoms with Crippen LogP contribution in [-0.4, -0.2) is 83.3 Å². The third kappa shape index (κ3) is 4.00. The lowest BCUT2D eigenvalue weighted by atomic mass is 9.43. The number of hydrogen-bond donors (Lipinski definition) is 1. The van der Waals surface area contributed by atoms with Crippen molar-refractivity contribution in [3.05, 3.63) is 47.0 Å². The van der Waals surface area contributed by atoms with Crippen molar-refractivity contribution in [2.45, 2.75) is 96.6 Å². The highest BCUT2D eigenvalue weighted by Crippen LogP contribution is 2.67. The molecule has 242 valence electrons. The second-order valence-electron chi connectivity index (χ2n) is 13.6. The van der Waals surface area contributed by atoms with E-state index in [0.29, 0.717) is 0 Å². The quantitative estimate of drug-likeness (QED) is 0.296. The van der Waals surface area contributed by atoms with Gasteiger partial charge in [-0.2, -0.15) is 0 Å². The number of ketones is 1. The van der Waals surface area contributed by atoms with Gasteiger partial charge in [-0.05, 0) is 42.5 Å². The molecule has 0 amide bonds. The van der Waals surface area contributed by atoms with E-state index in [9.17, 15) is 24.3 Å². The van der Waals surface area contributed by atoms with Crippen molar-refractivity contribution in [3.8, 4) is 0 Å². The maximum atomic E-state index is 15.1. The predicted octanol–water partition coefficient (Wildman–Crippen LogP) is 3.08. The first kappa shape index (κ1) is 31.2. The first-order valence-electron chi connectivity index (χ1n) is 15.1. The number of Topliss-reactive ketones (excluding diaryl/α,β-unsaturated/α-hetero) is 1. The summed E-state index contributed by atoms with van der Waals surface area (Å²) in [4.78, 5) is 67.8. The smallest absolute Gasteiger partial charge is 0.454 e. The Bertz CT molecular complexity index is 1510. The number of benzene rings is 1. The molecule has 0 radical (unpaired) electrons. The molecule has 12 nitrogen and oxygen atoms in total. The van der Waals surface area contributed by atoms with Gasteiger partial charge in [-0.3, -0.25) is 14.4 Å². The highest BCUT2D eigenvalue weighted by atomic mass is 16.8. The van der Waals surface area contributed by atoms with E-state index >= 15 is 4.79 Å². The molecule has 1 N–H and O–H groups in total. The van der Waals surface area contributed by atoms with Crippen molar-refractivity contribution in [3.63, 3.8) is 0 Å². The maximum absolute atomic E-state index is 15.1. The summed E-state index contributed by atoms with van der Waals surface area (Å²) in [6, 6.07) is 8.14. The van der Waals surface area contributed by atoms with Gasteiger partial charge in [0, 0.05) is 24.7 Å². The molecule has 2 saturated carbocycles. The standard InChI is InChI=1S/C33H38O12/c1-15-13-20-32(14-40-20,44-18(4)35)24-27(42-28(38)19-11-9-8-10-12-19)33-26(43-29(39)45-33)22(36)16(2)21(30(33,5)6)23(41-17(3)34)25(37)31(15,24)7/h8-12,15,20,22-24,26-27,36H,13-14H2,1-7H3/t15-,20?,22+,23+,24-,26-,27-,31+,32-,33+/m0/s1. The van der Waals surface area contributed by atoms with E-state index in [2.05, 4.69) is 0 Å². The van der Waals surface area contributed by atoms with Gasteiger partial charge in [0.05, 0.1) is 18.1 Å². The number of carbonyl (C=O) groups is 5. The molecule has 2 aliphatic heterocycles. The summed E-state index contributed by atoms with van der Waals surface area (Å²) in [5.74, 6) is -4.44. The predicted molar refractivity (Wildman–Crippen MR) is 152 cm³/mol. The van der Waals surface area contributed by atoms with Crippen LogP contribution < -0.4 is 0 Å². The third-order valence-corrected chi connectivity index (χ3v) is 11.1. The minimum Gasteiger partial charge on any atom is -0.454 e. The number of fused-ring (bicyclic) bond motifs is 4. The van der Waals surface area contributed by atoms with Crippen LogP contribution >= 0.6 is 0 Å². The Hall–Kier alpha value is -3.77. The van der Waals surface area contributed by atoms with E-state index < -0.39 is 94.2 Å². The highest BCUT2D eigenvalue weighted by molar-refractivity contribution is 5.95. The van der Waals surface area contributed by atoms with Gasteiger partial charge >= 0.3 is 24.1 Å². The lowest BCUT2D eigenvalue weighted by Gasteiger charge is -2.67. The van der Waals surface area contributed by atoms with Gasteiger partial charge in [-0.15, -0.1) is 0 Å². The Morgan fingerprint density at radius 3 is 2.24 bits per heavy atom. The summed E-state index contributed by atoms with van der Waals surface area (Å²) in [5.41, 5.74) is -5.83. The third-order valence-electron chi connectivity index (χ3n) is 11.1. The lowest BCUT2D eigenvalue weighted by Crippen LogP contribution is -2.82. The van der Waals surface area contributed by atoms with Crippen molar-refractivity contribution in [1.82, 2.24) is 0 Å². The van der Waals surface area contributed by atoms with Crippen molar-refractivity contribution in [1.29, 1.82) is 0 Å². The van der Waals surface area contributed by atoms with E-state index in [1.54, 1.807) is 58.0 Å². The molecule has 45 heavy (non-hydrogen) atoms. The molecule has 1 unspecified atom stereocenters. The average Bonchev–Trinajstić information content (AvgIpc) is 3.34. The molecule has 1 spiro atoms. The fourth-order valence-electron chi connectivity index (χ4n) is 8.94. The molecule has 2 heterocycles. The van der Waals surface area contributed by atoms with Crippen LogP contribution in [0, 0.1) is 22.7 Å². The fraction of sp³-hybridized carbons (Fsp3) is 0.606. The molecule has 10 atom stereocenters. The first-order chi connectivity index (χ1) is 21.0. The van der Waals surface area contributed by atoms with Gasteiger partial charge in [-0.25, -0.2) is 9.59 Å². The summed E-state index contributed by atoms with van der Waals surface area (Å²) >= 11 is 0. The van der Waals surface area contributed by atoms with Crippen LogP contribution in [0.5, 0.6) is 0 Å². The Morgan fingerprint density at radius 1 is 1.00 bits per heavy atom. The van der Waals surface area contributed by atoms with Crippen LogP contribution in [0.15, 0.2) is 41.5 Å². The maximum Gasteiger partial charge on any atom is 0.509 e. The van der Waals surface area contributed by atoms with Crippen LogP contribution in [0.3, 0.4) is 0 Å². The molecule has 12 heteroatoms. The highest BCUT2D eigenvalue weighted by Gasteiger charge is 2.82. The van der Waals surface area contributed by atoms with Crippen LogP contribution in [0.2, 0.25) is 0 Å². The number of hydrogen-bond acceptors (Lipinski definition) is 12. The zero-order valence-corrected chi connectivity index (χ0v) is 26.3. The number of aliphatic hydroxyl groups excluding tert-OH is 1. The fourth-order valence-corrected chi connectivity index (χ4v) is 8.94. The molecule has 0 aromatic heterocycles. The Labute approximate surface area is 260 Å². The van der Waals surface area contributed by atoms with E-state index in [-0.39, 0.29) is 29.7 Å². The minimum atomic E-state index is -1.99. The molecule has 1 aromatic carbocycles. The topological polar surface area (TPSA) is 161 Å². The van der Waals surface area contributed by atoms with E-state index in [4.69, 9.17) is 28.4 Å². The molecule has 4 fully saturated rings.